The Bertz CT molecular complexity index is 1000. The molecule has 31 heavy (non-hydrogen) atoms. The minimum atomic E-state index is -0.503. The van der Waals surface area contributed by atoms with E-state index in [1.54, 1.807) is 18.4 Å². The number of likely N-dealkylation sites (tertiary alicyclic amines) is 1. The van der Waals surface area contributed by atoms with Crippen molar-refractivity contribution in [1.82, 2.24) is 9.88 Å². The lowest BCUT2D eigenvalue weighted by Crippen LogP contribution is -2.68. The summed E-state index contributed by atoms with van der Waals surface area (Å²) in [5, 5.41) is 1.00. The maximum atomic E-state index is 7.01. The zero-order valence-corrected chi connectivity index (χ0v) is 19.7. The lowest BCUT2D eigenvalue weighted by atomic mass is 9.82. The van der Waals surface area contributed by atoms with Gasteiger partial charge in [-0.1, -0.05) is 48.5 Å². The van der Waals surface area contributed by atoms with Crippen molar-refractivity contribution in [3.8, 4) is 5.75 Å². The van der Waals surface area contributed by atoms with Crippen LogP contribution in [-0.4, -0.2) is 36.6 Å². The number of rotatable bonds is 6. The second-order valence-electron chi connectivity index (χ2n) is 8.27. The van der Waals surface area contributed by atoms with E-state index in [9.17, 15) is 0 Å². The van der Waals surface area contributed by atoms with Gasteiger partial charge in [0.15, 0.2) is 5.13 Å². The van der Waals surface area contributed by atoms with Crippen molar-refractivity contribution < 1.29 is 4.74 Å². The van der Waals surface area contributed by atoms with E-state index in [1.807, 2.05) is 12.1 Å². The van der Waals surface area contributed by atoms with E-state index >= 15 is 0 Å². The number of ether oxygens (including phenoxy) is 1. The molecule has 1 saturated heterocycles. The molecule has 0 radical (unpaired) electrons. The fourth-order valence-electron chi connectivity index (χ4n) is 4.83. The third-order valence-corrected chi connectivity index (χ3v) is 7.66. The molecular weight excluding hydrogens is 404 g/mol. The first-order valence-corrected chi connectivity index (χ1v) is 11.7. The second-order valence-corrected chi connectivity index (χ2v) is 9.45. The first-order chi connectivity index (χ1) is 15.0. The van der Waals surface area contributed by atoms with E-state index in [1.165, 1.54) is 16.0 Å². The molecule has 0 saturated carbocycles. The number of thiazole rings is 1. The molecule has 1 aliphatic rings. The fourth-order valence-corrected chi connectivity index (χ4v) is 5.75. The summed E-state index contributed by atoms with van der Waals surface area (Å²) in [7, 11) is 3.88. The molecule has 0 aliphatic carbocycles. The summed E-state index contributed by atoms with van der Waals surface area (Å²) in [6.45, 7) is 5.91. The fraction of sp³-hybridized carbons (Fsp3) is 0.400. The number of nitrogens with two attached hydrogens (primary N) is 1. The average Bonchev–Trinajstić information content (AvgIpc) is 3.13. The zero-order valence-electron chi connectivity index (χ0n) is 18.8. The van der Waals surface area contributed by atoms with Gasteiger partial charge in [0.2, 0.25) is 0 Å². The molecule has 2 heterocycles. The van der Waals surface area contributed by atoms with Gasteiger partial charge in [0.05, 0.1) is 12.8 Å². The van der Waals surface area contributed by atoms with E-state index in [-0.39, 0.29) is 6.04 Å². The van der Waals surface area contributed by atoms with Gasteiger partial charge in [-0.05, 0) is 38.3 Å². The van der Waals surface area contributed by atoms with Crippen molar-refractivity contribution in [2.75, 3.05) is 25.6 Å². The first-order valence-electron chi connectivity index (χ1n) is 10.8. The van der Waals surface area contributed by atoms with Crippen LogP contribution in [0, 0.1) is 13.8 Å². The van der Waals surface area contributed by atoms with Gasteiger partial charge in [-0.25, -0.2) is 4.98 Å². The summed E-state index contributed by atoms with van der Waals surface area (Å²) >= 11 is 1.74. The van der Waals surface area contributed by atoms with Crippen LogP contribution in [0.15, 0.2) is 54.6 Å². The van der Waals surface area contributed by atoms with Crippen LogP contribution >= 0.6 is 11.3 Å². The van der Waals surface area contributed by atoms with Gasteiger partial charge >= 0.3 is 0 Å². The molecule has 6 heteroatoms. The summed E-state index contributed by atoms with van der Waals surface area (Å²) in [5.41, 5.74) is 9.95. The van der Waals surface area contributed by atoms with Gasteiger partial charge in [0.1, 0.15) is 11.4 Å². The molecular formula is C25H32N4OS. The maximum absolute atomic E-state index is 7.01. The summed E-state index contributed by atoms with van der Waals surface area (Å²) in [6, 6.07) is 18.9. The van der Waals surface area contributed by atoms with Crippen LogP contribution < -0.4 is 15.4 Å². The first kappa shape index (κ1) is 21.8. The number of hydrogen-bond acceptors (Lipinski definition) is 6. The van der Waals surface area contributed by atoms with Gasteiger partial charge in [-0.2, -0.15) is 0 Å². The third kappa shape index (κ3) is 3.84. The lowest BCUT2D eigenvalue weighted by molar-refractivity contribution is 0.0168. The van der Waals surface area contributed by atoms with E-state index in [0.29, 0.717) is 0 Å². The quantitative estimate of drug-likeness (QED) is 0.608. The van der Waals surface area contributed by atoms with E-state index in [4.69, 9.17) is 15.5 Å². The Hall–Kier alpha value is -2.41. The molecule has 2 N–H and O–H groups in total. The second kappa shape index (κ2) is 8.99. The van der Waals surface area contributed by atoms with Crippen LogP contribution in [-0.2, 0) is 12.2 Å². The minimum absolute atomic E-state index is 0.0622. The Morgan fingerprint density at radius 3 is 2.55 bits per heavy atom. The summed E-state index contributed by atoms with van der Waals surface area (Å²) in [4.78, 5) is 11.0. The number of hydrogen-bond donors (Lipinski definition) is 1. The molecule has 4 rings (SSSR count). The third-order valence-electron chi connectivity index (χ3n) is 6.51. The topological polar surface area (TPSA) is 54.6 Å². The highest BCUT2D eigenvalue weighted by Gasteiger charge is 2.50. The molecule has 1 aromatic heterocycles. The Balaban J connectivity index is 1.87. The highest BCUT2D eigenvalue weighted by molar-refractivity contribution is 7.15. The standard InChI is InChI=1S/C25H32N4OS/c1-18-19(2)31-24(27-18)28(3)25(21-12-6-5-7-13-21)23(26)15-10-16-29(25)17-20-11-8-9-14-22(20)30-4/h5-9,11-14,23H,10,15-17,26H2,1-4H3/t23-,25+/m0/s1. The summed E-state index contributed by atoms with van der Waals surface area (Å²) < 4.78 is 5.67. The normalized spacial score (nSPS) is 21.8. The number of para-hydroxylation sites is 1. The van der Waals surface area contributed by atoms with Crippen molar-refractivity contribution in [3.63, 3.8) is 0 Å². The molecule has 1 aliphatic heterocycles. The largest absolute Gasteiger partial charge is 0.496 e. The number of likely N-dealkylation sites (N-methyl/N-ethyl adjacent to an activating group) is 1. The van der Waals surface area contributed by atoms with E-state index in [0.717, 1.165) is 42.5 Å². The molecule has 0 unspecified atom stereocenters. The SMILES string of the molecule is COc1ccccc1CN1CCC[C@H](N)[C@]1(c1ccccc1)N(C)c1nc(C)c(C)s1. The monoisotopic (exact) mass is 436 g/mol. The Labute approximate surface area is 189 Å². The number of methoxy groups -OCH3 is 1. The van der Waals surface area contributed by atoms with E-state index in [2.05, 4.69) is 73.2 Å². The van der Waals surface area contributed by atoms with Gasteiger partial charge in [-0.15, -0.1) is 11.3 Å². The smallest absolute Gasteiger partial charge is 0.187 e. The number of aromatic nitrogens is 1. The molecule has 0 spiro atoms. The molecule has 3 aromatic rings. The molecule has 2 aromatic carbocycles. The molecule has 0 bridgehead atoms. The van der Waals surface area contributed by atoms with Gasteiger partial charge in [-0.3, -0.25) is 4.90 Å². The number of anilines is 1. The highest BCUT2D eigenvalue weighted by Crippen LogP contribution is 2.44. The zero-order chi connectivity index (χ0) is 22.0. The van der Waals surface area contributed by atoms with Crippen LogP contribution in [0.4, 0.5) is 5.13 Å². The van der Waals surface area contributed by atoms with Gasteiger partial charge in [0, 0.05) is 36.6 Å². The molecule has 5 nitrogen and oxygen atoms in total. The van der Waals surface area contributed by atoms with Gasteiger partial charge < -0.3 is 15.4 Å². The van der Waals surface area contributed by atoms with Crippen molar-refractivity contribution in [2.24, 2.45) is 5.73 Å². The van der Waals surface area contributed by atoms with Crippen LogP contribution in [0.25, 0.3) is 0 Å². The number of benzene rings is 2. The van der Waals surface area contributed by atoms with Gasteiger partial charge in [0.25, 0.3) is 0 Å². The maximum Gasteiger partial charge on any atom is 0.187 e. The van der Waals surface area contributed by atoms with E-state index < -0.39 is 5.66 Å². The van der Waals surface area contributed by atoms with Crippen molar-refractivity contribution >= 4 is 16.5 Å². The Morgan fingerprint density at radius 2 is 1.87 bits per heavy atom. The number of aryl methyl sites for hydroxylation is 2. The predicted octanol–water partition coefficient (Wildman–Crippen LogP) is 4.68. The molecule has 0 amide bonds. The molecule has 2 atom stereocenters. The van der Waals surface area contributed by atoms with Crippen molar-refractivity contribution in [2.45, 2.75) is 44.9 Å². The summed E-state index contributed by atoms with van der Waals surface area (Å²) in [6.07, 6.45) is 2.03. The molecule has 1 fully saturated rings. The minimum Gasteiger partial charge on any atom is -0.496 e. The van der Waals surface area contributed by atoms with Crippen molar-refractivity contribution in [3.05, 3.63) is 76.3 Å². The van der Waals surface area contributed by atoms with Crippen molar-refractivity contribution in [1.29, 1.82) is 0 Å². The van der Waals surface area contributed by atoms with Crippen LogP contribution in [0.1, 0.15) is 34.5 Å². The van der Waals surface area contributed by atoms with Crippen LogP contribution in [0.3, 0.4) is 0 Å². The number of piperidine rings is 1. The predicted molar refractivity (Wildman–Crippen MR) is 129 cm³/mol. The average molecular weight is 437 g/mol. The van der Waals surface area contributed by atoms with Crippen LogP contribution in [0.5, 0.6) is 5.75 Å². The van der Waals surface area contributed by atoms with Crippen LogP contribution in [0.2, 0.25) is 0 Å². The Morgan fingerprint density at radius 1 is 1.16 bits per heavy atom. The molecule has 164 valence electrons. The number of nitrogens with zero attached hydrogens (tertiary/aromatic N) is 3. The lowest BCUT2D eigenvalue weighted by Gasteiger charge is -2.55. The Kier molecular flexibility index (Phi) is 6.32. The summed E-state index contributed by atoms with van der Waals surface area (Å²) in [5.74, 6) is 0.909. The highest BCUT2D eigenvalue weighted by atomic mass is 32.1.